The second kappa shape index (κ2) is 8.73. The van der Waals surface area contributed by atoms with E-state index in [9.17, 15) is 19.5 Å². The summed E-state index contributed by atoms with van der Waals surface area (Å²) in [6.45, 7) is 1.03. The summed E-state index contributed by atoms with van der Waals surface area (Å²) in [5, 5.41) is 12.9. The van der Waals surface area contributed by atoms with Crippen molar-refractivity contribution in [1.29, 1.82) is 0 Å². The third-order valence-corrected chi connectivity index (χ3v) is 7.83. The predicted octanol–water partition coefficient (Wildman–Crippen LogP) is 3.39. The third-order valence-electron chi connectivity index (χ3n) is 6.56. The lowest BCUT2D eigenvalue weighted by Crippen LogP contribution is -2.45. The van der Waals surface area contributed by atoms with Crippen LogP contribution in [0.15, 0.2) is 41.8 Å². The van der Waals surface area contributed by atoms with Gasteiger partial charge in [0.15, 0.2) is 0 Å². The zero-order valence-corrected chi connectivity index (χ0v) is 18.9. The Morgan fingerprint density at radius 2 is 1.94 bits per heavy atom. The molecule has 3 heterocycles. The molecule has 2 atom stereocenters. The molecular weight excluding hydrogens is 436 g/mol. The van der Waals surface area contributed by atoms with E-state index in [1.807, 2.05) is 17.5 Å². The molecule has 1 N–H and O–H groups in total. The van der Waals surface area contributed by atoms with Crippen LogP contribution >= 0.6 is 22.9 Å². The highest BCUT2D eigenvalue weighted by molar-refractivity contribution is 7.10. The number of hydrogen-bond acceptors (Lipinski definition) is 5. The van der Waals surface area contributed by atoms with E-state index in [1.54, 1.807) is 29.2 Å². The number of aliphatic hydroxyl groups excluding tert-OH is 1. The SMILES string of the molecule is CN1C(=O)C[C@@](CC(=O)N2CCC([C@H](O)c3cccs3)CC2)(c2ccccc2Cl)C1=O. The Balaban J connectivity index is 1.50. The lowest BCUT2D eigenvalue weighted by molar-refractivity contribution is -0.142. The highest BCUT2D eigenvalue weighted by atomic mass is 35.5. The Kier molecular flexibility index (Phi) is 6.19. The van der Waals surface area contributed by atoms with Crippen LogP contribution in [0.25, 0.3) is 0 Å². The monoisotopic (exact) mass is 460 g/mol. The molecule has 2 aromatic rings. The van der Waals surface area contributed by atoms with Crippen LogP contribution in [0.1, 0.15) is 42.2 Å². The van der Waals surface area contributed by atoms with Crippen molar-refractivity contribution in [3.63, 3.8) is 0 Å². The molecule has 1 aromatic carbocycles. The van der Waals surface area contributed by atoms with Crippen LogP contribution in [0.5, 0.6) is 0 Å². The van der Waals surface area contributed by atoms with Crippen LogP contribution in [0, 0.1) is 5.92 Å². The minimum absolute atomic E-state index is 0.0641. The number of carbonyl (C=O) groups excluding carboxylic acids is 3. The Labute approximate surface area is 190 Å². The van der Waals surface area contributed by atoms with Gasteiger partial charge in [0, 0.05) is 42.9 Å². The number of amides is 3. The van der Waals surface area contributed by atoms with Crippen molar-refractivity contribution in [1.82, 2.24) is 9.80 Å². The summed E-state index contributed by atoms with van der Waals surface area (Å²) in [5.74, 6) is -0.765. The van der Waals surface area contributed by atoms with Gasteiger partial charge in [0.25, 0.3) is 0 Å². The Hall–Kier alpha value is -2.22. The van der Waals surface area contributed by atoms with Crippen molar-refractivity contribution in [2.75, 3.05) is 20.1 Å². The molecule has 0 unspecified atom stereocenters. The summed E-state index contributed by atoms with van der Waals surface area (Å²) in [5.41, 5.74) is -0.745. The van der Waals surface area contributed by atoms with Gasteiger partial charge in [-0.1, -0.05) is 35.9 Å². The van der Waals surface area contributed by atoms with Crippen molar-refractivity contribution in [2.45, 2.75) is 37.2 Å². The van der Waals surface area contributed by atoms with E-state index < -0.39 is 11.5 Å². The van der Waals surface area contributed by atoms with E-state index in [4.69, 9.17) is 11.6 Å². The van der Waals surface area contributed by atoms with E-state index in [0.717, 1.165) is 9.78 Å². The standard InChI is InChI=1S/C23H25ClN2O4S/c1-25-19(27)13-23(22(25)30,16-5-2-3-6-17(16)24)14-20(28)26-10-8-15(9-11-26)21(29)18-7-4-12-31-18/h2-7,12,15,21,29H,8-11,13-14H2,1H3/t21-,23+/m0/s1. The summed E-state index contributed by atoms with van der Waals surface area (Å²) in [4.78, 5) is 42.5. The summed E-state index contributed by atoms with van der Waals surface area (Å²) in [7, 11) is 1.45. The maximum atomic E-state index is 13.2. The molecule has 2 fully saturated rings. The first kappa shape index (κ1) is 22.0. The summed E-state index contributed by atoms with van der Waals surface area (Å²) >= 11 is 7.93. The number of likely N-dealkylation sites (tertiary alicyclic amines) is 2. The van der Waals surface area contributed by atoms with Gasteiger partial charge in [-0.2, -0.15) is 0 Å². The van der Waals surface area contributed by atoms with Crippen LogP contribution in [-0.4, -0.2) is 52.8 Å². The summed E-state index contributed by atoms with van der Waals surface area (Å²) in [6, 6.07) is 10.8. The van der Waals surface area contributed by atoms with Gasteiger partial charge in [0.1, 0.15) is 0 Å². The Bertz CT molecular complexity index is 987. The number of rotatable bonds is 5. The fraction of sp³-hybridized carbons (Fsp3) is 0.435. The molecule has 2 aliphatic heterocycles. The van der Waals surface area contributed by atoms with Crippen molar-refractivity contribution in [3.8, 4) is 0 Å². The molecular formula is C23H25ClN2O4S. The van der Waals surface area contributed by atoms with E-state index in [-0.39, 0.29) is 36.5 Å². The van der Waals surface area contributed by atoms with Crippen LogP contribution in [0.3, 0.4) is 0 Å². The van der Waals surface area contributed by atoms with Gasteiger partial charge < -0.3 is 10.0 Å². The second-order valence-corrected chi connectivity index (χ2v) is 9.74. The summed E-state index contributed by atoms with van der Waals surface area (Å²) in [6.07, 6.45) is 0.706. The lowest BCUT2D eigenvalue weighted by atomic mass is 9.75. The third kappa shape index (κ3) is 4.02. The number of hydrogen-bond donors (Lipinski definition) is 1. The number of likely N-dealkylation sites (N-methyl/N-ethyl adjacent to an activating group) is 1. The lowest BCUT2D eigenvalue weighted by Gasteiger charge is -2.36. The highest BCUT2D eigenvalue weighted by Crippen LogP contribution is 2.43. The van der Waals surface area contributed by atoms with Gasteiger partial charge in [-0.25, -0.2) is 0 Å². The smallest absolute Gasteiger partial charge is 0.240 e. The van der Waals surface area contributed by atoms with Gasteiger partial charge in [-0.15, -0.1) is 11.3 Å². The van der Waals surface area contributed by atoms with E-state index in [2.05, 4.69) is 0 Å². The van der Waals surface area contributed by atoms with Gasteiger partial charge >= 0.3 is 0 Å². The van der Waals surface area contributed by atoms with Gasteiger partial charge in [-0.3, -0.25) is 19.3 Å². The molecule has 4 rings (SSSR count). The minimum atomic E-state index is -1.27. The molecule has 6 nitrogen and oxygen atoms in total. The van der Waals surface area contributed by atoms with Gasteiger partial charge in [0.05, 0.1) is 11.5 Å². The molecule has 0 saturated carbocycles. The Morgan fingerprint density at radius 1 is 1.23 bits per heavy atom. The van der Waals surface area contributed by atoms with Crippen LogP contribution in [0.2, 0.25) is 5.02 Å². The number of imide groups is 1. The molecule has 3 amide bonds. The van der Waals surface area contributed by atoms with Crippen LogP contribution in [-0.2, 0) is 19.8 Å². The molecule has 2 aliphatic rings. The topological polar surface area (TPSA) is 77.9 Å². The number of halogens is 1. The molecule has 0 radical (unpaired) electrons. The quantitative estimate of drug-likeness (QED) is 0.694. The van der Waals surface area contributed by atoms with E-state index >= 15 is 0 Å². The average molecular weight is 461 g/mol. The number of thiophene rings is 1. The van der Waals surface area contributed by atoms with Crippen molar-refractivity contribution in [3.05, 3.63) is 57.2 Å². The number of benzene rings is 1. The van der Waals surface area contributed by atoms with Crippen LogP contribution < -0.4 is 0 Å². The molecule has 0 aliphatic carbocycles. The molecule has 31 heavy (non-hydrogen) atoms. The summed E-state index contributed by atoms with van der Waals surface area (Å²) < 4.78 is 0. The van der Waals surface area contributed by atoms with Gasteiger partial charge in [-0.05, 0) is 41.8 Å². The first-order chi connectivity index (χ1) is 14.8. The van der Waals surface area contributed by atoms with Crippen molar-refractivity contribution < 1.29 is 19.5 Å². The fourth-order valence-corrected chi connectivity index (χ4v) is 5.83. The molecule has 0 bridgehead atoms. The molecule has 0 spiro atoms. The maximum Gasteiger partial charge on any atom is 0.240 e. The first-order valence-electron chi connectivity index (χ1n) is 10.4. The minimum Gasteiger partial charge on any atom is -0.387 e. The maximum absolute atomic E-state index is 13.2. The normalized spacial score (nSPS) is 23.5. The zero-order chi connectivity index (χ0) is 22.2. The zero-order valence-electron chi connectivity index (χ0n) is 17.3. The molecule has 8 heteroatoms. The number of aliphatic hydroxyl groups is 1. The van der Waals surface area contributed by atoms with E-state index in [1.165, 1.54) is 18.4 Å². The molecule has 164 valence electrons. The molecule has 1 aromatic heterocycles. The van der Waals surface area contributed by atoms with Crippen molar-refractivity contribution in [2.24, 2.45) is 5.92 Å². The number of nitrogens with zero attached hydrogens (tertiary/aromatic N) is 2. The Morgan fingerprint density at radius 3 is 2.52 bits per heavy atom. The highest BCUT2D eigenvalue weighted by Gasteiger charge is 2.53. The van der Waals surface area contributed by atoms with Crippen LogP contribution in [0.4, 0.5) is 0 Å². The second-order valence-electron chi connectivity index (χ2n) is 8.35. The number of carbonyl (C=O) groups is 3. The number of piperidine rings is 1. The molecule has 2 saturated heterocycles. The average Bonchev–Trinajstić information content (AvgIpc) is 3.38. The fourth-order valence-electron chi connectivity index (χ4n) is 4.71. The van der Waals surface area contributed by atoms with E-state index in [0.29, 0.717) is 36.5 Å². The largest absolute Gasteiger partial charge is 0.387 e. The van der Waals surface area contributed by atoms with Crippen molar-refractivity contribution >= 4 is 40.7 Å². The van der Waals surface area contributed by atoms with Gasteiger partial charge in [0.2, 0.25) is 17.7 Å². The first-order valence-corrected chi connectivity index (χ1v) is 11.6. The predicted molar refractivity (Wildman–Crippen MR) is 119 cm³/mol.